The third-order valence-electron chi connectivity index (χ3n) is 4.58. The normalized spacial score (nSPS) is 11.4. The average Bonchev–Trinajstić information content (AvgIpc) is 3.08. The second-order valence-corrected chi connectivity index (χ2v) is 9.03. The lowest BCUT2D eigenvalue weighted by Gasteiger charge is -2.15. The van der Waals surface area contributed by atoms with Crippen molar-refractivity contribution in [3.8, 4) is 16.9 Å². The molecule has 29 heavy (non-hydrogen) atoms. The van der Waals surface area contributed by atoms with Gasteiger partial charge in [-0.3, -0.25) is 0 Å². The number of carbonyl (C=O) groups is 1. The molecule has 5 nitrogen and oxygen atoms in total. The second kappa shape index (κ2) is 8.43. The minimum atomic E-state index is -3.38. The predicted molar refractivity (Wildman–Crippen MR) is 115 cm³/mol. The highest BCUT2D eigenvalue weighted by Gasteiger charge is 2.22. The molecule has 0 aliphatic heterocycles. The Morgan fingerprint density at radius 2 is 1.76 bits per heavy atom. The van der Waals surface area contributed by atoms with Gasteiger partial charge in [-0.1, -0.05) is 36.7 Å². The molecule has 0 amide bonds. The predicted octanol–water partition coefficient (Wildman–Crippen LogP) is 4.94. The fourth-order valence-corrected chi connectivity index (χ4v) is 4.05. The Kier molecular flexibility index (Phi) is 6.15. The van der Waals surface area contributed by atoms with E-state index in [-0.39, 0.29) is 11.5 Å². The van der Waals surface area contributed by atoms with Crippen LogP contribution >= 0.6 is 11.6 Å². The highest BCUT2D eigenvalue weighted by Crippen LogP contribution is 2.32. The maximum atomic E-state index is 12.6. The summed E-state index contributed by atoms with van der Waals surface area (Å²) >= 11 is 6.03. The highest BCUT2D eigenvalue weighted by molar-refractivity contribution is 7.90. The molecule has 0 unspecified atom stereocenters. The number of halogens is 1. The maximum absolute atomic E-state index is 12.6. The molecule has 0 saturated heterocycles. The second-order valence-electron chi connectivity index (χ2n) is 6.58. The number of hydrogen-bond donors (Lipinski definition) is 0. The van der Waals surface area contributed by atoms with Crippen molar-refractivity contribution in [1.29, 1.82) is 0 Å². The molecule has 0 N–H and O–H groups in total. The molecular weight excluding hydrogens is 410 g/mol. The molecule has 0 aliphatic rings. The molecule has 0 atom stereocenters. The Hall–Kier alpha value is -2.57. The van der Waals surface area contributed by atoms with Gasteiger partial charge in [-0.25, -0.2) is 13.2 Å². The minimum Gasteiger partial charge on any atom is -0.462 e. The van der Waals surface area contributed by atoms with Gasteiger partial charge in [-0.15, -0.1) is 0 Å². The van der Waals surface area contributed by atoms with Crippen molar-refractivity contribution in [2.45, 2.75) is 25.2 Å². The van der Waals surface area contributed by atoms with Gasteiger partial charge in [0.05, 0.1) is 22.8 Å². The van der Waals surface area contributed by atoms with Crippen LogP contribution in [-0.2, 0) is 21.0 Å². The summed E-state index contributed by atoms with van der Waals surface area (Å²) in [5, 5.41) is 0.604. The van der Waals surface area contributed by atoms with Gasteiger partial charge >= 0.3 is 5.97 Å². The van der Waals surface area contributed by atoms with Gasteiger partial charge in [-0.2, -0.15) is 0 Å². The summed E-state index contributed by atoms with van der Waals surface area (Å²) < 4.78 is 31.3. The first-order valence-corrected chi connectivity index (χ1v) is 11.5. The molecule has 3 rings (SSSR count). The molecule has 0 radical (unpaired) electrons. The standard InChI is InChI=1S/C22H22ClNO4S/c1-4-20-19(22(25)28-5-2)14-21(15-9-11-16(23)12-10-15)24(20)17-7-6-8-18(13-17)29(3,26)27/h6-14H,4-5H2,1-3H3. The van der Waals surface area contributed by atoms with E-state index in [1.165, 1.54) is 6.26 Å². The van der Waals surface area contributed by atoms with E-state index in [2.05, 4.69) is 0 Å². The van der Waals surface area contributed by atoms with Crippen molar-refractivity contribution in [1.82, 2.24) is 4.57 Å². The molecular formula is C22H22ClNO4S. The molecule has 0 aliphatic carbocycles. The van der Waals surface area contributed by atoms with Crippen LogP contribution in [-0.4, -0.2) is 31.8 Å². The van der Waals surface area contributed by atoms with Crippen molar-refractivity contribution in [2.75, 3.05) is 12.9 Å². The molecule has 3 aromatic rings. The first-order chi connectivity index (χ1) is 13.8. The molecule has 1 heterocycles. The van der Waals surface area contributed by atoms with Crippen molar-refractivity contribution >= 4 is 27.4 Å². The number of aromatic nitrogens is 1. The van der Waals surface area contributed by atoms with E-state index >= 15 is 0 Å². The van der Waals surface area contributed by atoms with Crippen LogP contribution in [0, 0.1) is 0 Å². The highest BCUT2D eigenvalue weighted by atomic mass is 35.5. The third-order valence-corrected chi connectivity index (χ3v) is 5.94. The molecule has 0 saturated carbocycles. The van der Waals surface area contributed by atoms with Gasteiger partial charge in [0.2, 0.25) is 0 Å². The lowest BCUT2D eigenvalue weighted by atomic mass is 10.1. The zero-order chi connectivity index (χ0) is 21.2. The molecule has 0 fully saturated rings. The Balaban J connectivity index is 2.31. The van der Waals surface area contributed by atoms with Crippen LogP contribution in [0.3, 0.4) is 0 Å². The van der Waals surface area contributed by atoms with Crippen LogP contribution in [0.15, 0.2) is 59.5 Å². The molecule has 2 aromatic carbocycles. The Morgan fingerprint density at radius 1 is 1.07 bits per heavy atom. The summed E-state index contributed by atoms with van der Waals surface area (Å²) in [7, 11) is -3.38. The quantitative estimate of drug-likeness (QED) is 0.518. The van der Waals surface area contributed by atoms with Crippen molar-refractivity contribution < 1.29 is 17.9 Å². The number of esters is 1. The van der Waals surface area contributed by atoms with E-state index in [1.807, 2.05) is 29.7 Å². The zero-order valence-electron chi connectivity index (χ0n) is 16.5. The number of carbonyl (C=O) groups excluding carboxylic acids is 1. The topological polar surface area (TPSA) is 65.4 Å². The van der Waals surface area contributed by atoms with Crippen LogP contribution in [0.1, 0.15) is 29.9 Å². The van der Waals surface area contributed by atoms with Crippen molar-refractivity contribution in [3.05, 3.63) is 70.9 Å². The summed E-state index contributed by atoms with van der Waals surface area (Å²) in [4.78, 5) is 12.8. The van der Waals surface area contributed by atoms with E-state index in [9.17, 15) is 13.2 Å². The van der Waals surface area contributed by atoms with E-state index in [0.717, 1.165) is 17.0 Å². The summed E-state index contributed by atoms with van der Waals surface area (Å²) in [6.45, 7) is 3.98. The van der Waals surface area contributed by atoms with Gasteiger partial charge in [0.1, 0.15) is 0 Å². The summed E-state index contributed by atoms with van der Waals surface area (Å²) in [5.41, 5.74) is 3.48. The lowest BCUT2D eigenvalue weighted by molar-refractivity contribution is 0.0525. The van der Waals surface area contributed by atoms with E-state index in [1.54, 1.807) is 43.3 Å². The molecule has 0 bridgehead atoms. The van der Waals surface area contributed by atoms with Crippen LogP contribution < -0.4 is 0 Å². The monoisotopic (exact) mass is 431 g/mol. The average molecular weight is 432 g/mol. The molecule has 1 aromatic heterocycles. The number of rotatable bonds is 6. The summed E-state index contributed by atoms with van der Waals surface area (Å²) in [6, 6.07) is 15.8. The van der Waals surface area contributed by atoms with Gasteiger partial charge < -0.3 is 9.30 Å². The summed E-state index contributed by atoms with van der Waals surface area (Å²) in [5.74, 6) is -0.405. The van der Waals surface area contributed by atoms with Gasteiger partial charge in [-0.05, 0) is 55.3 Å². The fourth-order valence-electron chi connectivity index (χ4n) is 3.27. The number of ether oxygens (including phenoxy) is 1. The SMILES string of the molecule is CCOC(=O)c1cc(-c2ccc(Cl)cc2)n(-c2cccc(S(C)(=O)=O)c2)c1CC. The molecule has 0 spiro atoms. The maximum Gasteiger partial charge on any atom is 0.339 e. The Labute approximate surface area is 175 Å². The fraction of sp³-hybridized carbons (Fsp3) is 0.227. The Morgan fingerprint density at radius 3 is 2.34 bits per heavy atom. The largest absolute Gasteiger partial charge is 0.462 e. The Bertz CT molecular complexity index is 1150. The smallest absolute Gasteiger partial charge is 0.339 e. The lowest BCUT2D eigenvalue weighted by Crippen LogP contribution is -2.09. The number of sulfone groups is 1. The molecule has 152 valence electrons. The number of benzene rings is 2. The van der Waals surface area contributed by atoms with Crippen LogP contribution in [0.4, 0.5) is 0 Å². The van der Waals surface area contributed by atoms with Gasteiger partial charge in [0.25, 0.3) is 0 Å². The van der Waals surface area contributed by atoms with Crippen LogP contribution in [0.25, 0.3) is 16.9 Å². The van der Waals surface area contributed by atoms with Crippen LogP contribution in [0.5, 0.6) is 0 Å². The zero-order valence-corrected chi connectivity index (χ0v) is 18.0. The van der Waals surface area contributed by atoms with Crippen molar-refractivity contribution in [2.24, 2.45) is 0 Å². The first kappa shape index (κ1) is 21.1. The van der Waals surface area contributed by atoms with Gasteiger partial charge in [0.15, 0.2) is 9.84 Å². The minimum absolute atomic E-state index is 0.213. The van der Waals surface area contributed by atoms with Crippen LogP contribution in [0.2, 0.25) is 5.02 Å². The van der Waals surface area contributed by atoms with Crippen molar-refractivity contribution in [3.63, 3.8) is 0 Å². The van der Waals surface area contributed by atoms with E-state index in [0.29, 0.717) is 22.7 Å². The van der Waals surface area contributed by atoms with Gasteiger partial charge in [0, 0.05) is 22.7 Å². The van der Waals surface area contributed by atoms with E-state index < -0.39 is 15.8 Å². The third kappa shape index (κ3) is 4.38. The summed E-state index contributed by atoms with van der Waals surface area (Å²) in [6.07, 6.45) is 1.73. The van der Waals surface area contributed by atoms with E-state index in [4.69, 9.17) is 16.3 Å². The molecule has 7 heteroatoms. The number of hydrogen-bond acceptors (Lipinski definition) is 4. The number of nitrogens with zero attached hydrogens (tertiary/aromatic N) is 1. The first-order valence-electron chi connectivity index (χ1n) is 9.24.